The van der Waals surface area contributed by atoms with Crippen molar-refractivity contribution in [3.05, 3.63) is 52.3 Å². The van der Waals surface area contributed by atoms with Crippen LogP contribution in [0.4, 0.5) is 5.69 Å². The van der Waals surface area contributed by atoms with Gasteiger partial charge in [-0.1, -0.05) is 23.2 Å². The fourth-order valence-electron chi connectivity index (χ4n) is 2.10. The zero-order valence-electron chi connectivity index (χ0n) is 13.2. The maximum Gasteiger partial charge on any atom is 0.331 e. The number of halogens is 2. The molecule has 0 radical (unpaired) electrons. The Morgan fingerprint density at radius 2 is 2.15 bits per heavy atom. The van der Waals surface area contributed by atoms with Gasteiger partial charge in [0.2, 0.25) is 6.79 Å². The average Bonchev–Trinajstić information content (AvgIpc) is 3.09. The number of nitrogens with zero attached hydrogens (tertiary/aromatic N) is 1. The normalized spacial score (nSPS) is 12.2. The van der Waals surface area contributed by atoms with Crippen LogP contribution in [0.15, 0.2) is 36.5 Å². The van der Waals surface area contributed by atoms with E-state index in [1.807, 2.05) is 0 Å². The minimum absolute atomic E-state index is 0.0975. The molecule has 0 bridgehead atoms. The fraction of sp³-hybridized carbons (Fsp3) is 0.118. The molecule has 26 heavy (non-hydrogen) atoms. The first-order valence-corrected chi connectivity index (χ1v) is 8.13. The number of anilines is 1. The summed E-state index contributed by atoms with van der Waals surface area (Å²) in [6.45, 7) is -0.364. The Morgan fingerprint density at radius 1 is 1.31 bits per heavy atom. The first-order chi connectivity index (χ1) is 12.5. The predicted molar refractivity (Wildman–Crippen MR) is 95.4 cm³/mol. The number of hydrogen-bond acceptors (Lipinski definition) is 6. The Bertz CT molecular complexity index is 885. The lowest BCUT2D eigenvalue weighted by Gasteiger charge is -2.06. The van der Waals surface area contributed by atoms with Crippen molar-refractivity contribution < 1.29 is 23.8 Å². The minimum Gasteiger partial charge on any atom is -0.454 e. The van der Waals surface area contributed by atoms with Gasteiger partial charge in [-0.3, -0.25) is 4.79 Å². The Hall–Kier alpha value is -2.77. The molecule has 2 heterocycles. The summed E-state index contributed by atoms with van der Waals surface area (Å²) in [6, 6.07) is 6.50. The van der Waals surface area contributed by atoms with E-state index in [0.717, 1.165) is 0 Å². The molecular formula is C17H12Cl2N2O5. The fourth-order valence-corrected chi connectivity index (χ4v) is 2.54. The number of fused-ring (bicyclic) bond motifs is 1. The second-order valence-electron chi connectivity index (χ2n) is 5.07. The van der Waals surface area contributed by atoms with E-state index in [1.165, 1.54) is 18.3 Å². The van der Waals surface area contributed by atoms with Gasteiger partial charge >= 0.3 is 5.97 Å². The summed E-state index contributed by atoms with van der Waals surface area (Å²) in [4.78, 5) is 27.3. The molecule has 0 saturated carbocycles. The smallest absolute Gasteiger partial charge is 0.331 e. The maximum absolute atomic E-state index is 11.8. The van der Waals surface area contributed by atoms with Crippen LogP contribution in [0.25, 0.3) is 6.08 Å². The molecule has 9 heteroatoms. The quantitative estimate of drug-likeness (QED) is 0.475. The highest BCUT2D eigenvalue weighted by atomic mass is 35.5. The second-order valence-corrected chi connectivity index (χ2v) is 5.83. The van der Waals surface area contributed by atoms with E-state index in [9.17, 15) is 9.59 Å². The Kier molecular flexibility index (Phi) is 5.60. The number of pyridine rings is 1. The molecule has 0 fully saturated rings. The zero-order chi connectivity index (χ0) is 18.5. The van der Waals surface area contributed by atoms with Crippen LogP contribution in [0.1, 0.15) is 5.56 Å². The molecule has 1 aliphatic heterocycles. The summed E-state index contributed by atoms with van der Waals surface area (Å²) >= 11 is 11.9. The number of nitrogens with one attached hydrogen (secondary N) is 1. The number of carbonyl (C=O) groups is 2. The van der Waals surface area contributed by atoms with Crippen molar-refractivity contribution in [2.75, 3.05) is 18.7 Å². The third-order valence-electron chi connectivity index (χ3n) is 3.24. The number of amides is 1. The lowest BCUT2D eigenvalue weighted by atomic mass is 10.2. The van der Waals surface area contributed by atoms with Gasteiger partial charge in [-0.25, -0.2) is 9.78 Å². The molecule has 1 N–H and O–H groups in total. The third-order valence-corrected chi connectivity index (χ3v) is 3.82. The third kappa shape index (κ3) is 4.44. The number of aromatic nitrogens is 1. The van der Waals surface area contributed by atoms with Crippen LogP contribution < -0.4 is 14.8 Å². The van der Waals surface area contributed by atoms with E-state index in [2.05, 4.69) is 10.3 Å². The van der Waals surface area contributed by atoms with Crippen LogP contribution in [0.3, 0.4) is 0 Å². The van der Waals surface area contributed by atoms with Gasteiger partial charge in [-0.2, -0.15) is 0 Å². The molecule has 0 aliphatic carbocycles. The number of ether oxygens (including phenoxy) is 3. The molecule has 0 atom stereocenters. The Balaban J connectivity index is 1.53. The highest BCUT2D eigenvalue weighted by molar-refractivity contribution is 6.32. The highest BCUT2D eigenvalue weighted by Gasteiger charge is 2.17. The predicted octanol–water partition coefficient (Wildman–Crippen LogP) is 3.31. The van der Waals surface area contributed by atoms with Crippen LogP contribution in [0.2, 0.25) is 10.2 Å². The Morgan fingerprint density at radius 3 is 2.96 bits per heavy atom. The van der Waals surface area contributed by atoms with Crippen LogP contribution in [-0.4, -0.2) is 30.3 Å². The molecule has 2 aromatic rings. The van der Waals surface area contributed by atoms with Gasteiger partial charge in [0.1, 0.15) is 0 Å². The molecule has 7 nitrogen and oxygen atoms in total. The molecule has 1 aromatic carbocycles. The summed E-state index contributed by atoms with van der Waals surface area (Å²) in [5.41, 5.74) is 0.962. The van der Waals surface area contributed by atoms with E-state index in [-0.39, 0.29) is 11.9 Å². The monoisotopic (exact) mass is 394 g/mol. The zero-order valence-corrected chi connectivity index (χ0v) is 14.7. The van der Waals surface area contributed by atoms with Gasteiger partial charge in [0.15, 0.2) is 23.3 Å². The topological polar surface area (TPSA) is 86.8 Å². The van der Waals surface area contributed by atoms with Crippen LogP contribution in [-0.2, 0) is 14.3 Å². The molecule has 1 aliphatic rings. The van der Waals surface area contributed by atoms with Crippen LogP contribution >= 0.6 is 23.2 Å². The van der Waals surface area contributed by atoms with E-state index in [1.54, 1.807) is 24.3 Å². The number of carbonyl (C=O) groups excluding carboxylic acids is 2. The van der Waals surface area contributed by atoms with Crippen molar-refractivity contribution in [2.45, 2.75) is 0 Å². The van der Waals surface area contributed by atoms with E-state index >= 15 is 0 Å². The first kappa shape index (κ1) is 18.0. The van der Waals surface area contributed by atoms with Crippen molar-refractivity contribution in [3.8, 4) is 11.5 Å². The summed E-state index contributed by atoms with van der Waals surface area (Å²) in [6.07, 6.45) is 4.16. The molecule has 1 aromatic heterocycles. The van der Waals surface area contributed by atoms with Crippen molar-refractivity contribution in [1.82, 2.24) is 4.98 Å². The SMILES string of the molecule is O=C(COC(=O)/C=C/c1cc(Cl)c2c(c1)OCO2)Nc1cccnc1Cl. The number of hydrogen-bond donors (Lipinski definition) is 1. The van der Waals surface area contributed by atoms with E-state index in [0.29, 0.717) is 27.8 Å². The molecule has 0 spiro atoms. The molecule has 0 saturated heterocycles. The molecule has 1 amide bonds. The number of rotatable bonds is 5. The lowest BCUT2D eigenvalue weighted by molar-refractivity contribution is -0.142. The van der Waals surface area contributed by atoms with Gasteiger partial charge in [0.05, 0.1) is 10.7 Å². The Labute approximate surface area is 158 Å². The van der Waals surface area contributed by atoms with Gasteiger partial charge in [-0.15, -0.1) is 0 Å². The summed E-state index contributed by atoms with van der Waals surface area (Å²) < 4.78 is 15.3. The van der Waals surface area contributed by atoms with Crippen molar-refractivity contribution in [1.29, 1.82) is 0 Å². The van der Waals surface area contributed by atoms with Gasteiger partial charge in [0, 0.05) is 12.3 Å². The number of benzene rings is 1. The van der Waals surface area contributed by atoms with Crippen molar-refractivity contribution in [3.63, 3.8) is 0 Å². The second kappa shape index (κ2) is 8.07. The highest BCUT2D eigenvalue weighted by Crippen LogP contribution is 2.40. The lowest BCUT2D eigenvalue weighted by Crippen LogP contribution is -2.20. The van der Waals surface area contributed by atoms with Gasteiger partial charge in [0.25, 0.3) is 5.91 Å². The molecule has 3 rings (SSSR count). The van der Waals surface area contributed by atoms with Crippen molar-refractivity contribution in [2.24, 2.45) is 0 Å². The van der Waals surface area contributed by atoms with Crippen molar-refractivity contribution >= 4 is 46.8 Å². The van der Waals surface area contributed by atoms with Crippen LogP contribution in [0, 0.1) is 0 Å². The summed E-state index contributed by atoms with van der Waals surface area (Å²) in [5.74, 6) is -0.255. The maximum atomic E-state index is 11.8. The number of esters is 1. The average molecular weight is 395 g/mol. The van der Waals surface area contributed by atoms with E-state index < -0.39 is 18.5 Å². The van der Waals surface area contributed by atoms with Gasteiger partial charge < -0.3 is 19.5 Å². The first-order valence-electron chi connectivity index (χ1n) is 7.37. The molecular weight excluding hydrogens is 383 g/mol. The minimum atomic E-state index is -0.689. The van der Waals surface area contributed by atoms with Gasteiger partial charge in [-0.05, 0) is 35.9 Å². The standard InChI is InChI=1S/C17H12Cl2N2O5/c18-11-6-10(7-13-16(11)26-9-25-13)3-4-15(23)24-8-14(22)21-12-2-1-5-20-17(12)19/h1-7H,8-9H2,(H,21,22)/b4-3+. The molecule has 134 valence electrons. The summed E-state index contributed by atoms with van der Waals surface area (Å²) in [7, 11) is 0. The molecule has 0 unspecified atom stereocenters. The van der Waals surface area contributed by atoms with Crippen LogP contribution in [0.5, 0.6) is 11.5 Å². The van der Waals surface area contributed by atoms with E-state index in [4.69, 9.17) is 37.4 Å². The summed E-state index contributed by atoms with van der Waals surface area (Å²) in [5, 5.41) is 3.01. The largest absolute Gasteiger partial charge is 0.454 e.